The number of alkyl halides is 3. The molecule has 0 aliphatic carbocycles. The van der Waals surface area contributed by atoms with Crippen molar-refractivity contribution < 1.29 is 18.0 Å². The molecule has 0 fully saturated rings. The predicted octanol–water partition coefficient (Wildman–Crippen LogP) is 0.661. The van der Waals surface area contributed by atoms with Crippen LogP contribution in [0, 0.1) is 0 Å². The van der Waals surface area contributed by atoms with E-state index in [1.807, 2.05) is 0 Å². The Hall–Kier alpha value is -0.890. The molecular weight excluding hydrogens is 255 g/mol. The van der Waals surface area contributed by atoms with Crippen LogP contribution in [-0.2, 0) is 4.79 Å². The fourth-order valence-corrected chi connectivity index (χ4v) is 1.33. The molecule has 0 aliphatic heterocycles. The highest BCUT2D eigenvalue weighted by atomic mass is 32.1. The Morgan fingerprint density at radius 3 is 2.47 bits per heavy atom. The van der Waals surface area contributed by atoms with Crippen LogP contribution in [0.15, 0.2) is 0 Å². The summed E-state index contributed by atoms with van der Waals surface area (Å²) in [6.45, 7) is 0.347. The molecule has 0 heterocycles. The Labute approximate surface area is 103 Å². The van der Waals surface area contributed by atoms with Gasteiger partial charge in [0.15, 0.2) is 0 Å². The van der Waals surface area contributed by atoms with Crippen LogP contribution in [0.1, 0.15) is 13.3 Å². The molecule has 0 aliphatic rings. The van der Waals surface area contributed by atoms with Crippen molar-refractivity contribution >= 4 is 23.1 Å². The van der Waals surface area contributed by atoms with Crippen molar-refractivity contribution in [3.05, 3.63) is 0 Å². The third kappa shape index (κ3) is 8.87. The first-order valence-electron chi connectivity index (χ1n) is 4.94. The zero-order chi connectivity index (χ0) is 13.6. The molecule has 0 aromatic carbocycles. The van der Waals surface area contributed by atoms with Gasteiger partial charge in [0.2, 0.25) is 5.91 Å². The lowest BCUT2D eigenvalue weighted by atomic mass is 10.2. The van der Waals surface area contributed by atoms with Gasteiger partial charge >= 0.3 is 6.18 Å². The molecule has 1 amide bonds. The number of hydrogen-bond acceptors (Lipinski definition) is 3. The van der Waals surface area contributed by atoms with Crippen LogP contribution in [0.3, 0.4) is 0 Å². The minimum atomic E-state index is -4.39. The van der Waals surface area contributed by atoms with E-state index in [1.165, 1.54) is 0 Å². The van der Waals surface area contributed by atoms with E-state index in [-0.39, 0.29) is 12.6 Å². The van der Waals surface area contributed by atoms with Crippen molar-refractivity contribution in [1.29, 1.82) is 0 Å². The van der Waals surface area contributed by atoms with Gasteiger partial charge in [-0.2, -0.15) is 13.2 Å². The van der Waals surface area contributed by atoms with Crippen LogP contribution < -0.4 is 11.1 Å². The van der Waals surface area contributed by atoms with Gasteiger partial charge in [0.25, 0.3) is 0 Å². The molecule has 4 nitrogen and oxygen atoms in total. The summed E-state index contributed by atoms with van der Waals surface area (Å²) >= 11 is 4.71. The number of nitrogens with one attached hydrogen (secondary N) is 1. The molecule has 0 bridgehead atoms. The van der Waals surface area contributed by atoms with E-state index in [9.17, 15) is 18.0 Å². The number of nitrogens with two attached hydrogens (primary N) is 1. The molecule has 0 saturated heterocycles. The van der Waals surface area contributed by atoms with Crippen molar-refractivity contribution in [3.8, 4) is 0 Å². The molecule has 0 spiro atoms. The maximum atomic E-state index is 11.8. The second-order valence-corrected chi connectivity index (χ2v) is 4.35. The second kappa shape index (κ2) is 6.75. The lowest BCUT2D eigenvalue weighted by Gasteiger charge is -2.23. The first-order valence-corrected chi connectivity index (χ1v) is 5.34. The lowest BCUT2D eigenvalue weighted by molar-refractivity contribution is -0.139. The summed E-state index contributed by atoms with van der Waals surface area (Å²) in [5, 5.41) is 1.79. The minimum absolute atomic E-state index is 0.0934. The van der Waals surface area contributed by atoms with Gasteiger partial charge in [-0.15, -0.1) is 0 Å². The van der Waals surface area contributed by atoms with E-state index in [2.05, 4.69) is 0 Å². The molecule has 8 heteroatoms. The van der Waals surface area contributed by atoms with Crippen molar-refractivity contribution in [2.24, 2.45) is 5.73 Å². The molecule has 3 N–H and O–H groups in total. The maximum Gasteiger partial charge on any atom is 0.405 e. The molecule has 0 radical (unpaired) electrons. The normalized spacial score (nSPS) is 13.5. The van der Waals surface area contributed by atoms with Gasteiger partial charge in [-0.3, -0.25) is 9.69 Å². The van der Waals surface area contributed by atoms with Crippen molar-refractivity contribution in [2.75, 3.05) is 20.1 Å². The first-order chi connectivity index (χ1) is 7.61. The van der Waals surface area contributed by atoms with Crippen molar-refractivity contribution in [2.45, 2.75) is 25.6 Å². The van der Waals surface area contributed by atoms with Gasteiger partial charge in [-0.05, 0) is 14.0 Å². The molecule has 1 unspecified atom stereocenters. The van der Waals surface area contributed by atoms with Gasteiger partial charge < -0.3 is 11.1 Å². The van der Waals surface area contributed by atoms with E-state index in [1.54, 1.807) is 24.2 Å². The highest BCUT2D eigenvalue weighted by Crippen LogP contribution is 2.12. The predicted molar refractivity (Wildman–Crippen MR) is 62.6 cm³/mol. The average molecular weight is 271 g/mol. The third-order valence-corrected chi connectivity index (χ3v) is 2.29. The van der Waals surface area contributed by atoms with Gasteiger partial charge in [-0.25, -0.2) is 0 Å². The smallest absolute Gasteiger partial charge is 0.393 e. The zero-order valence-corrected chi connectivity index (χ0v) is 10.5. The van der Waals surface area contributed by atoms with Crippen LogP contribution in [0.2, 0.25) is 0 Å². The van der Waals surface area contributed by atoms with E-state index in [0.29, 0.717) is 11.4 Å². The Bertz CT molecular complexity index is 283. The topological polar surface area (TPSA) is 58.4 Å². The zero-order valence-electron chi connectivity index (χ0n) is 9.67. The average Bonchev–Trinajstić information content (AvgIpc) is 2.12. The van der Waals surface area contributed by atoms with Gasteiger partial charge in [-0.1, -0.05) is 12.2 Å². The Morgan fingerprint density at radius 1 is 1.53 bits per heavy atom. The summed E-state index contributed by atoms with van der Waals surface area (Å²) in [4.78, 5) is 13.1. The largest absolute Gasteiger partial charge is 0.405 e. The van der Waals surface area contributed by atoms with E-state index in [0.717, 1.165) is 0 Å². The van der Waals surface area contributed by atoms with Crippen LogP contribution in [0.5, 0.6) is 0 Å². The number of thiocarbonyl (C=S) groups is 1. The molecule has 17 heavy (non-hydrogen) atoms. The second-order valence-electron chi connectivity index (χ2n) is 3.83. The van der Waals surface area contributed by atoms with Crippen molar-refractivity contribution in [1.82, 2.24) is 10.2 Å². The fraction of sp³-hybridized carbons (Fsp3) is 0.778. The summed E-state index contributed by atoms with van der Waals surface area (Å²) in [6.07, 6.45) is -3.98. The molecule has 0 rings (SSSR count). The van der Waals surface area contributed by atoms with Crippen LogP contribution >= 0.6 is 12.2 Å². The van der Waals surface area contributed by atoms with E-state index < -0.39 is 18.6 Å². The Balaban J connectivity index is 3.99. The lowest BCUT2D eigenvalue weighted by Crippen LogP contribution is -2.43. The summed E-state index contributed by atoms with van der Waals surface area (Å²) in [7, 11) is 1.62. The van der Waals surface area contributed by atoms with Crippen molar-refractivity contribution in [3.63, 3.8) is 0 Å². The van der Waals surface area contributed by atoms with Gasteiger partial charge in [0, 0.05) is 12.5 Å². The summed E-state index contributed by atoms with van der Waals surface area (Å²) in [5.41, 5.74) is 5.33. The molecule has 100 valence electrons. The quantitative estimate of drug-likeness (QED) is 0.697. The maximum absolute atomic E-state index is 11.8. The monoisotopic (exact) mass is 271 g/mol. The fourth-order valence-electron chi connectivity index (χ4n) is 1.08. The summed E-state index contributed by atoms with van der Waals surface area (Å²) < 4.78 is 35.5. The van der Waals surface area contributed by atoms with Gasteiger partial charge in [0.05, 0.1) is 11.5 Å². The molecular formula is C9H16F3N3OS. The molecule has 1 atom stereocenters. The van der Waals surface area contributed by atoms with Crippen LogP contribution in [-0.4, -0.2) is 48.2 Å². The van der Waals surface area contributed by atoms with Crippen LogP contribution in [0.4, 0.5) is 13.2 Å². The number of halogens is 3. The SMILES string of the molecule is CC(CC(N)=S)N(C)CC(=O)NCC(F)(F)F. The number of hydrogen-bond donors (Lipinski definition) is 2. The standard InChI is InChI=1S/C9H16F3N3OS/c1-6(3-7(13)17)15(2)4-8(16)14-5-9(10,11)12/h6H,3-5H2,1-2H3,(H2,13,17)(H,14,16). The summed E-state index contributed by atoms with van der Waals surface area (Å²) in [6, 6.07) is -0.0934. The number of carbonyl (C=O) groups excluding carboxylic acids is 1. The van der Waals surface area contributed by atoms with E-state index >= 15 is 0 Å². The highest BCUT2D eigenvalue weighted by molar-refractivity contribution is 7.80. The number of likely N-dealkylation sites (N-methyl/N-ethyl adjacent to an activating group) is 1. The Morgan fingerprint density at radius 2 is 2.06 bits per heavy atom. The Kier molecular flexibility index (Phi) is 6.40. The van der Waals surface area contributed by atoms with Crippen LogP contribution in [0.25, 0.3) is 0 Å². The number of nitrogens with zero attached hydrogens (tertiary/aromatic N) is 1. The number of amides is 1. The number of carbonyl (C=O) groups is 1. The number of rotatable bonds is 6. The molecule has 0 saturated carbocycles. The first kappa shape index (κ1) is 16.1. The third-order valence-electron chi connectivity index (χ3n) is 2.13. The van der Waals surface area contributed by atoms with E-state index in [4.69, 9.17) is 18.0 Å². The summed E-state index contributed by atoms with van der Waals surface area (Å²) in [5.74, 6) is -0.681. The molecule has 0 aromatic rings. The highest BCUT2D eigenvalue weighted by Gasteiger charge is 2.28. The van der Waals surface area contributed by atoms with Gasteiger partial charge in [0.1, 0.15) is 6.54 Å². The minimum Gasteiger partial charge on any atom is -0.393 e. The molecule has 0 aromatic heterocycles.